The minimum absolute atomic E-state index is 0.807. The smallest absolute Gasteiger partial charge is 0.0397 e. The second kappa shape index (κ2) is 10.6. The molecule has 72 valence electrons. The number of nitrogens with zero attached hydrogens (tertiary/aromatic N) is 1. The Morgan fingerprint density at radius 2 is 2.00 bits per heavy atom. The van der Waals surface area contributed by atoms with Crippen LogP contribution in [-0.4, -0.2) is 32.4 Å². The van der Waals surface area contributed by atoms with E-state index >= 15 is 0 Å². The monoisotopic (exact) mass is 171 g/mol. The first-order chi connectivity index (χ1) is 5.91. The molecule has 0 fully saturated rings. The van der Waals surface area contributed by atoms with Crippen LogP contribution in [0.5, 0.6) is 0 Å². The third-order valence-corrected chi connectivity index (χ3v) is 1.63. The predicted octanol–water partition coefficient (Wildman–Crippen LogP) is 0.796. The maximum atomic E-state index is 5.36. The molecular formula is C9H21N3. The van der Waals surface area contributed by atoms with Crippen molar-refractivity contribution in [1.29, 1.82) is 0 Å². The lowest BCUT2D eigenvalue weighted by Gasteiger charge is -2.01. The average molecular weight is 171 g/mol. The highest BCUT2D eigenvalue weighted by Crippen LogP contribution is 1.83. The average Bonchev–Trinajstić information content (AvgIpc) is 2.10. The normalized spacial score (nSPS) is 11.2. The third kappa shape index (κ3) is 9.59. The zero-order valence-electron chi connectivity index (χ0n) is 8.05. The fraction of sp³-hybridized carbons (Fsp3) is 0.889. The lowest BCUT2D eigenvalue weighted by Crippen LogP contribution is -2.18. The number of rotatable bonds is 8. The van der Waals surface area contributed by atoms with E-state index in [1.54, 1.807) is 0 Å². The molecule has 0 saturated heterocycles. The topological polar surface area (TPSA) is 50.4 Å². The van der Waals surface area contributed by atoms with E-state index in [9.17, 15) is 0 Å². The molecule has 0 spiro atoms. The van der Waals surface area contributed by atoms with Gasteiger partial charge in [0.1, 0.15) is 0 Å². The first-order valence-electron chi connectivity index (χ1n) is 4.77. The minimum atomic E-state index is 0.807. The van der Waals surface area contributed by atoms with Gasteiger partial charge in [0.15, 0.2) is 0 Å². The number of unbranched alkanes of at least 4 members (excludes halogenated alkanes) is 1. The van der Waals surface area contributed by atoms with Gasteiger partial charge in [0, 0.05) is 6.54 Å². The van der Waals surface area contributed by atoms with E-state index in [0.29, 0.717) is 0 Å². The van der Waals surface area contributed by atoms with Gasteiger partial charge in [0.05, 0.1) is 0 Å². The number of nitrogens with two attached hydrogens (primary N) is 1. The van der Waals surface area contributed by atoms with Gasteiger partial charge < -0.3 is 11.1 Å². The van der Waals surface area contributed by atoms with E-state index in [1.165, 1.54) is 6.42 Å². The Balaban J connectivity index is 2.81. The van der Waals surface area contributed by atoms with E-state index in [-0.39, 0.29) is 0 Å². The summed E-state index contributed by atoms with van der Waals surface area (Å²) in [6, 6.07) is 0. The van der Waals surface area contributed by atoms with Crippen LogP contribution in [-0.2, 0) is 0 Å². The molecule has 0 radical (unpaired) electrons. The fourth-order valence-corrected chi connectivity index (χ4v) is 0.944. The van der Waals surface area contributed by atoms with E-state index in [4.69, 9.17) is 5.73 Å². The molecule has 0 aliphatic carbocycles. The fourth-order valence-electron chi connectivity index (χ4n) is 0.944. The summed E-state index contributed by atoms with van der Waals surface area (Å²) in [4.78, 5) is 4.12. The van der Waals surface area contributed by atoms with Gasteiger partial charge >= 0.3 is 0 Å². The summed E-state index contributed by atoms with van der Waals surface area (Å²) in [5, 5.41) is 3.35. The lowest BCUT2D eigenvalue weighted by atomic mass is 10.3. The highest BCUT2D eigenvalue weighted by atomic mass is 14.8. The Hall–Kier alpha value is -0.410. The molecule has 0 aromatic carbocycles. The van der Waals surface area contributed by atoms with Crippen molar-refractivity contribution in [3.8, 4) is 0 Å². The molecule has 0 bridgehead atoms. The molecule has 0 atom stereocenters. The SMILES string of the molecule is C/C=N/CCCNCCCCN. The van der Waals surface area contributed by atoms with Crippen LogP contribution in [0, 0.1) is 0 Å². The first kappa shape index (κ1) is 11.6. The van der Waals surface area contributed by atoms with Crippen LogP contribution in [0.25, 0.3) is 0 Å². The summed E-state index contributed by atoms with van der Waals surface area (Å²) in [5.74, 6) is 0. The quantitative estimate of drug-likeness (QED) is 0.419. The van der Waals surface area contributed by atoms with Gasteiger partial charge in [-0.3, -0.25) is 4.99 Å². The van der Waals surface area contributed by atoms with Crippen LogP contribution in [0.1, 0.15) is 26.2 Å². The molecule has 0 heterocycles. The molecule has 0 aliphatic rings. The molecular weight excluding hydrogens is 150 g/mol. The van der Waals surface area contributed by atoms with Crippen LogP contribution in [0.4, 0.5) is 0 Å². The standard InChI is InChI=1S/C9H21N3/c1-2-11-8-5-9-12-7-4-3-6-10/h2,12H,3-10H2,1H3/b11-2+. The predicted molar refractivity (Wildman–Crippen MR) is 54.8 cm³/mol. The van der Waals surface area contributed by atoms with Gasteiger partial charge in [-0.2, -0.15) is 0 Å². The van der Waals surface area contributed by atoms with Gasteiger partial charge in [-0.1, -0.05) is 0 Å². The summed E-state index contributed by atoms with van der Waals surface area (Å²) in [6.07, 6.45) is 5.30. The Kier molecular flexibility index (Phi) is 10.2. The van der Waals surface area contributed by atoms with Crippen molar-refractivity contribution in [2.75, 3.05) is 26.2 Å². The summed E-state index contributed by atoms with van der Waals surface area (Å²) >= 11 is 0. The lowest BCUT2D eigenvalue weighted by molar-refractivity contribution is 0.611. The molecule has 0 aliphatic heterocycles. The summed E-state index contributed by atoms with van der Waals surface area (Å²) < 4.78 is 0. The van der Waals surface area contributed by atoms with E-state index < -0.39 is 0 Å². The summed E-state index contributed by atoms with van der Waals surface area (Å²) in [5.41, 5.74) is 5.36. The van der Waals surface area contributed by atoms with Crippen molar-refractivity contribution in [3.05, 3.63) is 0 Å². The highest BCUT2D eigenvalue weighted by Gasteiger charge is 1.86. The van der Waals surface area contributed by atoms with E-state index in [2.05, 4.69) is 10.3 Å². The molecule has 3 N–H and O–H groups in total. The van der Waals surface area contributed by atoms with Crippen molar-refractivity contribution in [2.45, 2.75) is 26.2 Å². The zero-order valence-corrected chi connectivity index (χ0v) is 8.05. The largest absolute Gasteiger partial charge is 0.330 e. The zero-order chi connectivity index (χ0) is 9.07. The van der Waals surface area contributed by atoms with Crippen molar-refractivity contribution in [3.63, 3.8) is 0 Å². The van der Waals surface area contributed by atoms with Crippen LogP contribution in [0.2, 0.25) is 0 Å². The van der Waals surface area contributed by atoms with Crippen molar-refractivity contribution >= 4 is 6.21 Å². The van der Waals surface area contributed by atoms with Gasteiger partial charge in [0.2, 0.25) is 0 Å². The molecule has 0 saturated carbocycles. The molecule has 0 unspecified atom stereocenters. The molecule has 0 amide bonds. The maximum absolute atomic E-state index is 5.36. The Morgan fingerprint density at radius 1 is 1.25 bits per heavy atom. The number of aliphatic imine (C=N–C) groups is 1. The van der Waals surface area contributed by atoms with Gasteiger partial charge in [-0.05, 0) is 52.0 Å². The van der Waals surface area contributed by atoms with Crippen LogP contribution >= 0.6 is 0 Å². The highest BCUT2D eigenvalue weighted by molar-refractivity contribution is 5.53. The molecule has 0 aromatic heterocycles. The second-order valence-corrected chi connectivity index (χ2v) is 2.76. The van der Waals surface area contributed by atoms with Crippen LogP contribution in [0.3, 0.4) is 0 Å². The van der Waals surface area contributed by atoms with Gasteiger partial charge in [-0.25, -0.2) is 0 Å². The molecule has 3 nitrogen and oxygen atoms in total. The van der Waals surface area contributed by atoms with E-state index in [1.807, 2.05) is 13.1 Å². The molecule has 3 heteroatoms. The molecule has 0 aromatic rings. The maximum Gasteiger partial charge on any atom is 0.0397 e. The minimum Gasteiger partial charge on any atom is -0.330 e. The summed E-state index contributed by atoms with van der Waals surface area (Å²) in [6.45, 7) is 5.87. The Morgan fingerprint density at radius 3 is 2.67 bits per heavy atom. The van der Waals surface area contributed by atoms with Crippen molar-refractivity contribution < 1.29 is 0 Å². The summed E-state index contributed by atoms with van der Waals surface area (Å²) in [7, 11) is 0. The van der Waals surface area contributed by atoms with Crippen molar-refractivity contribution in [2.24, 2.45) is 10.7 Å². The first-order valence-corrected chi connectivity index (χ1v) is 4.77. The Bertz CT molecular complexity index is 102. The number of nitrogens with one attached hydrogen (secondary N) is 1. The number of hydrogen-bond acceptors (Lipinski definition) is 3. The van der Waals surface area contributed by atoms with Crippen LogP contribution in [0.15, 0.2) is 4.99 Å². The Labute approximate surface area is 75.4 Å². The molecule has 12 heavy (non-hydrogen) atoms. The second-order valence-electron chi connectivity index (χ2n) is 2.76. The van der Waals surface area contributed by atoms with Crippen molar-refractivity contribution in [1.82, 2.24) is 5.32 Å². The third-order valence-electron chi connectivity index (χ3n) is 1.63. The van der Waals surface area contributed by atoms with E-state index in [0.717, 1.165) is 39.0 Å². The van der Waals surface area contributed by atoms with Crippen LogP contribution < -0.4 is 11.1 Å². The van der Waals surface area contributed by atoms with Gasteiger partial charge in [-0.15, -0.1) is 0 Å². The number of hydrogen-bond donors (Lipinski definition) is 2. The molecule has 0 rings (SSSR count). The van der Waals surface area contributed by atoms with Gasteiger partial charge in [0.25, 0.3) is 0 Å².